The van der Waals surface area contributed by atoms with Crippen LogP contribution in [-0.4, -0.2) is 85.0 Å². The SMILES string of the molecule is CC(=O)c1ccccc1OCCOCCOCCOCCOCCOCCN=[N+]=[N-]. The van der Waals surface area contributed by atoms with E-state index in [4.69, 9.17) is 34.0 Å². The summed E-state index contributed by atoms with van der Waals surface area (Å²) in [4.78, 5) is 14.1. The number of ether oxygens (including phenoxy) is 6. The predicted octanol–water partition coefficient (Wildman–Crippen LogP) is 2.66. The van der Waals surface area contributed by atoms with Crippen LogP contribution in [0.4, 0.5) is 0 Å². The quantitative estimate of drug-likeness (QED) is 0.103. The number of benzene rings is 1. The van der Waals surface area contributed by atoms with Gasteiger partial charge in [0.1, 0.15) is 12.4 Å². The smallest absolute Gasteiger partial charge is 0.163 e. The number of hydrogen-bond donors (Lipinski definition) is 0. The number of ketones is 1. The Kier molecular flexibility index (Phi) is 16.2. The minimum absolute atomic E-state index is 0.0263. The number of carbonyl (C=O) groups excluding carboxylic acids is 1. The molecule has 0 aliphatic rings. The fourth-order valence-electron chi connectivity index (χ4n) is 2.23. The molecule has 0 spiro atoms. The number of Topliss-reactive ketones (excluding diaryl/α,β-unsaturated/α-hetero) is 1. The Morgan fingerprint density at radius 1 is 0.800 bits per heavy atom. The van der Waals surface area contributed by atoms with Crippen LogP contribution in [0.15, 0.2) is 29.4 Å². The molecule has 0 saturated carbocycles. The minimum Gasteiger partial charge on any atom is -0.490 e. The van der Waals surface area contributed by atoms with Gasteiger partial charge in [-0.25, -0.2) is 0 Å². The summed E-state index contributed by atoms with van der Waals surface area (Å²) in [5.41, 5.74) is 8.67. The molecule has 10 nitrogen and oxygen atoms in total. The van der Waals surface area contributed by atoms with Gasteiger partial charge in [-0.1, -0.05) is 17.2 Å². The van der Waals surface area contributed by atoms with Crippen LogP contribution in [-0.2, 0) is 23.7 Å². The molecule has 0 bridgehead atoms. The molecule has 0 amide bonds. The number of carbonyl (C=O) groups is 1. The molecule has 168 valence electrons. The van der Waals surface area contributed by atoms with Crippen LogP contribution in [0, 0.1) is 0 Å². The summed E-state index contributed by atoms with van der Waals surface area (Å²) in [5.74, 6) is 0.547. The Labute approximate surface area is 177 Å². The van der Waals surface area contributed by atoms with E-state index in [1.807, 2.05) is 12.1 Å². The van der Waals surface area contributed by atoms with Crippen LogP contribution in [0.5, 0.6) is 5.75 Å². The molecule has 0 unspecified atom stereocenters. The van der Waals surface area contributed by atoms with Crippen LogP contribution >= 0.6 is 0 Å². The van der Waals surface area contributed by atoms with Gasteiger partial charge < -0.3 is 28.4 Å². The highest BCUT2D eigenvalue weighted by atomic mass is 16.6. The Bertz CT molecular complexity index is 624. The number of hydrogen-bond acceptors (Lipinski definition) is 8. The average Bonchev–Trinajstić information content (AvgIpc) is 2.75. The highest BCUT2D eigenvalue weighted by Crippen LogP contribution is 2.18. The van der Waals surface area contributed by atoms with Crippen molar-refractivity contribution < 1.29 is 33.2 Å². The largest absolute Gasteiger partial charge is 0.490 e. The Balaban J connectivity index is 1.81. The summed E-state index contributed by atoms with van der Waals surface area (Å²) in [7, 11) is 0. The van der Waals surface area contributed by atoms with Gasteiger partial charge in [-0.3, -0.25) is 4.79 Å². The zero-order chi connectivity index (χ0) is 21.7. The van der Waals surface area contributed by atoms with Gasteiger partial charge >= 0.3 is 0 Å². The molecule has 0 fully saturated rings. The summed E-state index contributed by atoms with van der Waals surface area (Å²) in [6.45, 7) is 6.80. The molecule has 10 heteroatoms. The van der Waals surface area contributed by atoms with Crippen molar-refractivity contribution in [2.24, 2.45) is 5.11 Å². The minimum atomic E-state index is -0.0263. The predicted molar refractivity (Wildman–Crippen MR) is 110 cm³/mol. The van der Waals surface area contributed by atoms with Crippen molar-refractivity contribution in [1.82, 2.24) is 0 Å². The van der Waals surface area contributed by atoms with Crippen LogP contribution in [0.2, 0.25) is 0 Å². The van der Waals surface area contributed by atoms with Crippen molar-refractivity contribution >= 4 is 5.78 Å². The first-order valence-electron chi connectivity index (χ1n) is 9.88. The van der Waals surface area contributed by atoms with E-state index in [2.05, 4.69) is 10.0 Å². The summed E-state index contributed by atoms with van der Waals surface area (Å²) in [5, 5.41) is 3.36. The van der Waals surface area contributed by atoms with Gasteiger partial charge in [-0.2, -0.15) is 0 Å². The standard InChI is InChI=1S/C20H31N3O7/c1-18(24)19-4-2-3-5-20(19)30-17-16-29-15-14-28-13-12-27-11-10-26-9-8-25-7-6-22-23-21/h2-5H,6-17H2,1H3. The molecular formula is C20H31N3O7. The zero-order valence-corrected chi connectivity index (χ0v) is 17.5. The summed E-state index contributed by atoms with van der Waals surface area (Å²) >= 11 is 0. The van der Waals surface area contributed by atoms with Crippen LogP contribution in [0.3, 0.4) is 0 Å². The first kappa shape index (κ1) is 25.8. The molecule has 1 aromatic carbocycles. The molecular weight excluding hydrogens is 394 g/mol. The Morgan fingerprint density at radius 3 is 1.77 bits per heavy atom. The van der Waals surface area contributed by atoms with Gasteiger partial charge in [-0.05, 0) is 24.6 Å². The van der Waals surface area contributed by atoms with Gasteiger partial charge in [0.05, 0.1) is 71.6 Å². The second-order valence-corrected chi connectivity index (χ2v) is 5.92. The average molecular weight is 425 g/mol. The van der Waals surface area contributed by atoms with E-state index in [0.29, 0.717) is 90.5 Å². The van der Waals surface area contributed by atoms with E-state index < -0.39 is 0 Å². The maximum absolute atomic E-state index is 11.5. The third-order valence-electron chi connectivity index (χ3n) is 3.64. The van der Waals surface area contributed by atoms with Crippen LogP contribution < -0.4 is 4.74 Å². The topological polar surface area (TPSA) is 121 Å². The first-order chi connectivity index (χ1) is 14.8. The van der Waals surface area contributed by atoms with E-state index in [0.717, 1.165) is 0 Å². The van der Waals surface area contributed by atoms with Gasteiger partial charge in [-0.15, -0.1) is 0 Å². The third kappa shape index (κ3) is 13.9. The van der Waals surface area contributed by atoms with E-state index in [9.17, 15) is 4.79 Å². The first-order valence-corrected chi connectivity index (χ1v) is 9.88. The second kappa shape index (κ2) is 18.8. The monoisotopic (exact) mass is 425 g/mol. The Hall–Kier alpha value is -2.20. The molecule has 1 rings (SSSR count). The zero-order valence-electron chi connectivity index (χ0n) is 17.5. The van der Waals surface area contributed by atoms with Crippen molar-refractivity contribution in [3.63, 3.8) is 0 Å². The van der Waals surface area contributed by atoms with Gasteiger partial charge in [0.2, 0.25) is 0 Å². The molecule has 0 atom stereocenters. The normalized spacial score (nSPS) is 10.6. The lowest BCUT2D eigenvalue weighted by Gasteiger charge is -2.10. The van der Waals surface area contributed by atoms with E-state index >= 15 is 0 Å². The van der Waals surface area contributed by atoms with Gasteiger partial charge in [0, 0.05) is 11.5 Å². The lowest BCUT2D eigenvalue weighted by Crippen LogP contribution is -2.14. The van der Waals surface area contributed by atoms with Gasteiger partial charge in [0.25, 0.3) is 0 Å². The van der Waals surface area contributed by atoms with Crippen molar-refractivity contribution in [1.29, 1.82) is 0 Å². The molecule has 0 radical (unpaired) electrons. The lowest BCUT2D eigenvalue weighted by atomic mass is 10.1. The van der Waals surface area contributed by atoms with Crippen molar-refractivity contribution in [3.8, 4) is 5.75 Å². The van der Waals surface area contributed by atoms with E-state index in [1.54, 1.807) is 12.1 Å². The summed E-state index contributed by atoms with van der Waals surface area (Å²) < 4.78 is 32.3. The van der Waals surface area contributed by atoms with Crippen LogP contribution in [0.1, 0.15) is 17.3 Å². The maximum Gasteiger partial charge on any atom is 0.163 e. The molecule has 1 aromatic rings. The number of para-hydroxylation sites is 1. The summed E-state index contributed by atoms with van der Waals surface area (Å²) in [6.07, 6.45) is 0. The summed E-state index contributed by atoms with van der Waals surface area (Å²) in [6, 6.07) is 7.15. The van der Waals surface area contributed by atoms with E-state index in [-0.39, 0.29) is 5.78 Å². The molecule has 30 heavy (non-hydrogen) atoms. The highest BCUT2D eigenvalue weighted by Gasteiger charge is 2.06. The number of rotatable bonds is 20. The molecule has 0 saturated heterocycles. The van der Waals surface area contributed by atoms with E-state index in [1.165, 1.54) is 6.92 Å². The molecule has 0 aromatic heterocycles. The number of nitrogens with zero attached hydrogens (tertiary/aromatic N) is 3. The van der Waals surface area contributed by atoms with Gasteiger partial charge in [0.15, 0.2) is 5.78 Å². The maximum atomic E-state index is 11.5. The third-order valence-corrected chi connectivity index (χ3v) is 3.64. The Morgan fingerprint density at radius 2 is 1.27 bits per heavy atom. The van der Waals surface area contributed by atoms with Crippen LogP contribution in [0.25, 0.3) is 10.4 Å². The molecule has 0 heterocycles. The highest BCUT2D eigenvalue weighted by molar-refractivity contribution is 5.96. The lowest BCUT2D eigenvalue weighted by molar-refractivity contribution is -0.0122. The molecule has 0 N–H and O–H groups in total. The fraction of sp³-hybridized carbons (Fsp3) is 0.650. The van der Waals surface area contributed by atoms with Crippen molar-refractivity contribution in [2.75, 3.05) is 79.2 Å². The fourth-order valence-corrected chi connectivity index (χ4v) is 2.23. The number of azide groups is 1. The van der Waals surface area contributed by atoms with Crippen molar-refractivity contribution in [3.05, 3.63) is 40.3 Å². The molecule has 0 aliphatic carbocycles. The molecule has 0 aliphatic heterocycles. The van der Waals surface area contributed by atoms with Crippen molar-refractivity contribution in [2.45, 2.75) is 6.92 Å². The second-order valence-electron chi connectivity index (χ2n) is 5.92.